The summed E-state index contributed by atoms with van der Waals surface area (Å²) in [6, 6.07) is 7.00. The van der Waals surface area contributed by atoms with Gasteiger partial charge in [0, 0.05) is 22.1 Å². The SMILES string of the molecule is C=C(C)C(=O)OCC(O)COc1ccc(C(C)(C)c2c(Cl)c(Cl)c(OCC(O)COC(=O)C(=C)C)c(Cl)c2Cl)cc1. The van der Waals surface area contributed by atoms with E-state index >= 15 is 0 Å². The summed E-state index contributed by atoms with van der Waals surface area (Å²) in [5, 5.41) is 20.3. The fourth-order valence-corrected chi connectivity index (χ4v) is 4.87. The second kappa shape index (κ2) is 15.1. The van der Waals surface area contributed by atoms with Gasteiger partial charge in [-0.25, -0.2) is 9.59 Å². The van der Waals surface area contributed by atoms with Crippen LogP contribution < -0.4 is 9.47 Å². The number of carbonyl (C=O) groups is 2. The molecule has 12 heteroatoms. The predicted octanol–water partition coefficient (Wildman–Crippen LogP) is 6.34. The van der Waals surface area contributed by atoms with Gasteiger partial charge in [0.2, 0.25) is 0 Å². The summed E-state index contributed by atoms with van der Waals surface area (Å²) in [5.41, 5.74) is 0.882. The minimum Gasteiger partial charge on any atom is -0.491 e. The molecule has 0 aliphatic carbocycles. The van der Waals surface area contributed by atoms with Gasteiger partial charge in [0.25, 0.3) is 0 Å². The number of benzene rings is 2. The van der Waals surface area contributed by atoms with Crippen molar-refractivity contribution in [3.63, 3.8) is 0 Å². The van der Waals surface area contributed by atoms with E-state index < -0.39 is 29.6 Å². The lowest BCUT2D eigenvalue weighted by Gasteiger charge is -2.30. The van der Waals surface area contributed by atoms with Crippen LogP contribution in [0.2, 0.25) is 20.1 Å². The molecule has 0 aliphatic rings. The highest BCUT2D eigenvalue weighted by Crippen LogP contribution is 2.51. The molecular formula is C29H32Cl4O8. The predicted molar refractivity (Wildman–Crippen MR) is 160 cm³/mol. The van der Waals surface area contributed by atoms with E-state index in [1.54, 1.807) is 24.3 Å². The number of carbonyl (C=O) groups excluding carboxylic acids is 2. The van der Waals surface area contributed by atoms with E-state index in [0.29, 0.717) is 11.3 Å². The van der Waals surface area contributed by atoms with Gasteiger partial charge in [0.15, 0.2) is 5.75 Å². The molecule has 2 rings (SSSR count). The first-order chi connectivity index (χ1) is 19.1. The summed E-state index contributed by atoms with van der Waals surface area (Å²) in [7, 11) is 0. The highest BCUT2D eigenvalue weighted by Gasteiger charge is 2.33. The summed E-state index contributed by atoms with van der Waals surface area (Å²) in [6.45, 7) is 12.8. The molecule has 0 saturated carbocycles. The Kier molecular flexibility index (Phi) is 12.8. The van der Waals surface area contributed by atoms with Crippen molar-refractivity contribution in [2.75, 3.05) is 26.4 Å². The van der Waals surface area contributed by atoms with Gasteiger partial charge in [-0.1, -0.05) is 85.5 Å². The zero-order valence-electron chi connectivity index (χ0n) is 23.1. The van der Waals surface area contributed by atoms with Crippen molar-refractivity contribution in [1.29, 1.82) is 0 Å². The third kappa shape index (κ3) is 9.26. The Hall–Kier alpha value is -2.46. The number of aliphatic hydroxyl groups excluding tert-OH is 2. The van der Waals surface area contributed by atoms with Gasteiger partial charge in [-0.2, -0.15) is 0 Å². The standard InChI is InChI=1S/C29H32Cl4O8/c1-15(2)27(36)40-13-18(34)11-38-20-9-7-17(8-10-20)29(5,6)21-22(30)24(32)26(25(33)23(21)31)39-12-19(35)14-41-28(37)16(3)4/h7-10,18-19,34-35H,1,3,11-14H2,2,4-6H3. The quantitative estimate of drug-likeness (QED) is 0.138. The number of esters is 2. The van der Waals surface area contributed by atoms with Crippen LogP contribution >= 0.6 is 46.4 Å². The number of ether oxygens (including phenoxy) is 4. The molecule has 41 heavy (non-hydrogen) atoms. The first kappa shape index (κ1) is 34.7. The summed E-state index contributed by atoms with van der Waals surface area (Å²) in [6.07, 6.45) is -2.20. The molecule has 0 fully saturated rings. The Morgan fingerprint density at radius 1 is 0.756 bits per heavy atom. The van der Waals surface area contributed by atoms with Crippen molar-refractivity contribution in [1.82, 2.24) is 0 Å². The number of hydrogen-bond donors (Lipinski definition) is 2. The lowest BCUT2D eigenvalue weighted by atomic mass is 9.78. The Morgan fingerprint density at radius 3 is 1.59 bits per heavy atom. The molecule has 0 bridgehead atoms. The summed E-state index contributed by atoms with van der Waals surface area (Å²) in [5.74, 6) is -0.785. The van der Waals surface area contributed by atoms with Crippen LogP contribution in [0.3, 0.4) is 0 Å². The molecule has 0 heterocycles. The van der Waals surface area contributed by atoms with Crippen LogP contribution in [-0.2, 0) is 24.5 Å². The van der Waals surface area contributed by atoms with Crippen LogP contribution in [-0.4, -0.2) is 60.8 Å². The molecule has 2 N–H and O–H groups in total. The number of halogens is 4. The van der Waals surface area contributed by atoms with Crippen molar-refractivity contribution >= 4 is 58.3 Å². The third-order valence-corrected chi connectivity index (χ3v) is 7.47. The fraction of sp³-hybridized carbons (Fsp3) is 0.379. The molecule has 224 valence electrons. The Morgan fingerprint density at radius 2 is 1.17 bits per heavy atom. The summed E-state index contributed by atoms with van der Waals surface area (Å²) >= 11 is 26.4. The highest BCUT2D eigenvalue weighted by atomic mass is 35.5. The van der Waals surface area contributed by atoms with Crippen molar-refractivity contribution in [2.45, 2.75) is 45.3 Å². The molecule has 0 spiro atoms. The third-order valence-electron chi connectivity index (χ3n) is 5.80. The molecule has 2 aromatic carbocycles. The molecule has 2 aromatic rings. The van der Waals surface area contributed by atoms with Crippen LogP contribution in [0.4, 0.5) is 0 Å². The van der Waals surface area contributed by atoms with E-state index in [2.05, 4.69) is 13.2 Å². The van der Waals surface area contributed by atoms with E-state index in [9.17, 15) is 19.8 Å². The van der Waals surface area contributed by atoms with Gasteiger partial charge in [0.1, 0.15) is 54.4 Å². The van der Waals surface area contributed by atoms with Crippen molar-refractivity contribution < 1.29 is 38.7 Å². The zero-order valence-corrected chi connectivity index (χ0v) is 26.1. The number of hydrogen-bond acceptors (Lipinski definition) is 8. The van der Waals surface area contributed by atoms with E-state index in [4.69, 9.17) is 65.4 Å². The molecular weight excluding hydrogens is 618 g/mol. The monoisotopic (exact) mass is 648 g/mol. The molecule has 0 radical (unpaired) electrons. The molecule has 2 atom stereocenters. The van der Waals surface area contributed by atoms with Crippen LogP contribution in [0.5, 0.6) is 11.5 Å². The normalized spacial score (nSPS) is 12.7. The largest absolute Gasteiger partial charge is 0.491 e. The lowest BCUT2D eigenvalue weighted by molar-refractivity contribution is -0.143. The maximum absolute atomic E-state index is 11.5. The first-order valence-electron chi connectivity index (χ1n) is 12.3. The van der Waals surface area contributed by atoms with E-state index in [-0.39, 0.29) is 63.4 Å². The van der Waals surface area contributed by atoms with Crippen LogP contribution in [0.1, 0.15) is 38.8 Å². The molecule has 0 aromatic heterocycles. The van der Waals surface area contributed by atoms with Crippen molar-refractivity contribution in [2.24, 2.45) is 0 Å². The Bertz CT molecular complexity index is 1260. The van der Waals surface area contributed by atoms with E-state index in [1.165, 1.54) is 13.8 Å². The molecule has 0 saturated heterocycles. The molecule has 2 unspecified atom stereocenters. The topological polar surface area (TPSA) is 112 Å². The smallest absolute Gasteiger partial charge is 0.333 e. The van der Waals surface area contributed by atoms with Gasteiger partial charge in [-0.3, -0.25) is 0 Å². The van der Waals surface area contributed by atoms with Crippen molar-refractivity contribution in [3.8, 4) is 11.5 Å². The van der Waals surface area contributed by atoms with Gasteiger partial charge >= 0.3 is 11.9 Å². The van der Waals surface area contributed by atoms with E-state index in [0.717, 1.165) is 5.56 Å². The van der Waals surface area contributed by atoms with Gasteiger partial charge in [0.05, 0.1) is 10.0 Å². The summed E-state index contributed by atoms with van der Waals surface area (Å²) in [4.78, 5) is 23.0. The minimum atomic E-state index is -1.17. The fourth-order valence-electron chi connectivity index (χ4n) is 3.46. The lowest BCUT2D eigenvalue weighted by Crippen LogP contribution is -2.26. The number of rotatable bonds is 14. The van der Waals surface area contributed by atoms with E-state index in [1.807, 2.05) is 13.8 Å². The molecule has 8 nitrogen and oxygen atoms in total. The average Bonchev–Trinajstić information content (AvgIpc) is 2.92. The second-order valence-corrected chi connectivity index (χ2v) is 11.3. The van der Waals surface area contributed by atoms with Crippen LogP contribution in [0.15, 0.2) is 48.6 Å². The Labute approximate surface area is 259 Å². The minimum absolute atomic E-state index is 0.00318. The van der Waals surface area contributed by atoms with Gasteiger partial charge < -0.3 is 29.2 Å². The Balaban J connectivity index is 2.15. The van der Waals surface area contributed by atoms with Gasteiger partial charge in [-0.15, -0.1) is 0 Å². The zero-order chi connectivity index (χ0) is 31.1. The molecule has 0 amide bonds. The van der Waals surface area contributed by atoms with Crippen LogP contribution in [0, 0.1) is 0 Å². The van der Waals surface area contributed by atoms with Gasteiger partial charge in [-0.05, 0) is 31.5 Å². The molecule has 0 aliphatic heterocycles. The average molecular weight is 650 g/mol. The summed E-state index contributed by atoms with van der Waals surface area (Å²) < 4.78 is 21.0. The van der Waals surface area contributed by atoms with Crippen LogP contribution in [0.25, 0.3) is 0 Å². The maximum atomic E-state index is 11.5. The first-order valence-corrected chi connectivity index (χ1v) is 13.8. The van der Waals surface area contributed by atoms with Crippen molar-refractivity contribution in [3.05, 3.63) is 79.8 Å². The number of aliphatic hydroxyl groups is 2. The maximum Gasteiger partial charge on any atom is 0.333 e. The highest BCUT2D eigenvalue weighted by molar-refractivity contribution is 6.49. The second-order valence-electron chi connectivity index (χ2n) is 9.80.